The number of aliphatic imine (C=N–C) groups is 1. The molecular formula is C53H73IN6O12. The van der Waals surface area contributed by atoms with Crippen molar-refractivity contribution in [3.05, 3.63) is 69.8 Å². The zero-order valence-corrected chi connectivity index (χ0v) is 45.6. The molecule has 1 aliphatic carbocycles. The molecule has 0 radical (unpaired) electrons. The van der Waals surface area contributed by atoms with Gasteiger partial charge in [0.1, 0.15) is 35.4 Å². The molecule has 394 valence electrons. The number of esters is 1. The number of aromatic hydroxyl groups is 1. The van der Waals surface area contributed by atoms with Crippen LogP contribution in [0.2, 0.25) is 0 Å². The van der Waals surface area contributed by atoms with Gasteiger partial charge in [-0.05, 0) is 46.9 Å². The van der Waals surface area contributed by atoms with Gasteiger partial charge in [-0.15, -0.1) is 0 Å². The number of aliphatic hydroxyl groups is 2. The van der Waals surface area contributed by atoms with E-state index in [1.807, 2.05) is 14.1 Å². The number of rotatable bonds is 7. The lowest BCUT2D eigenvalue weighted by Gasteiger charge is -2.38. The predicted octanol–water partition coefficient (Wildman–Crippen LogP) is 4.71. The molecule has 8 rings (SSSR count). The van der Waals surface area contributed by atoms with E-state index in [-0.39, 0.29) is 56.6 Å². The highest BCUT2D eigenvalue weighted by Gasteiger charge is 2.54. The molecule has 1 spiro atoms. The number of aliphatic hydroxyl groups excluding tert-OH is 2. The van der Waals surface area contributed by atoms with E-state index in [1.54, 1.807) is 57.7 Å². The number of fused-ring (bicyclic) bond motifs is 13. The molecule has 6 aliphatic heterocycles. The smallest absolute Gasteiger partial charge is 0.315 e. The van der Waals surface area contributed by atoms with Crippen molar-refractivity contribution in [2.24, 2.45) is 28.7 Å². The quantitative estimate of drug-likeness (QED) is 0.108. The average Bonchev–Trinajstić information content (AvgIpc) is 3.84. The van der Waals surface area contributed by atoms with E-state index in [0.717, 1.165) is 19.4 Å². The Morgan fingerprint density at radius 1 is 0.958 bits per heavy atom. The van der Waals surface area contributed by atoms with Crippen LogP contribution in [0.3, 0.4) is 0 Å². The molecule has 1 aromatic carbocycles. The Bertz CT molecular complexity index is 2470. The van der Waals surface area contributed by atoms with Crippen LogP contribution in [0.25, 0.3) is 0 Å². The van der Waals surface area contributed by atoms with Gasteiger partial charge in [0.25, 0.3) is 11.7 Å². The number of ether oxygens (including phenoxy) is 4. The number of halogens is 1. The third-order valence-electron chi connectivity index (χ3n) is 15.7. The fraction of sp³-hybridized carbons (Fsp3) is 0.623. The summed E-state index contributed by atoms with van der Waals surface area (Å²) in [6.45, 7) is 16.9. The summed E-state index contributed by atoms with van der Waals surface area (Å²) in [7, 11) is 5.45. The Morgan fingerprint density at radius 3 is 2.25 bits per heavy atom. The number of nitrogens with zero attached hydrogens (tertiary/aromatic N) is 4. The molecule has 72 heavy (non-hydrogen) atoms. The first-order valence-electron chi connectivity index (χ1n) is 25.1. The maximum absolute atomic E-state index is 14.9. The molecule has 5 N–H and O–H groups in total. The first kappa shape index (κ1) is 55.1. The number of hydrogen-bond acceptors (Lipinski definition) is 16. The topological polar surface area (TPSA) is 229 Å². The van der Waals surface area contributed by atoms with Crippen molar-refractivity contribution >= 4 is 57.7 Å². The van der Waals surface area contributed by atoms with Crippen molar-refractivity contribution in [1.29, 1.82) is 0 Å². The van der Waals surface area contributed by atoms with Crippen LogP contribution in [0.5, 0.6) is 11.5 Å². The number of nitrogens with one attached hydrogen (secondary N) is 2. The molecule has 7 aliphatic rings. The minimum Gasteiger partial charge on any atom is -0.507 e. The van der Waals surface area contributed by atoms with Gasteiger partial charge in [0, 0.05) is 110 Å². The second-order valence-electron chi connectivity index (χ2n) is 21.0. The highest BCUT2D eigenvalue weighted by Crippen LogP contribution is 2.50. The van der Waals surface area contributed by atoms with Gasteiger partial charge in [-0.25, -0.2) is 0 Å². The van der Waals surface area contributed by atoms with Gasteiger partial charge in [0.05, 0.1) is 47.1 Å². The molecule has 2 saturated heterocycles. The van der Waals surface area contributed by atoms with E-state index in [9.17, 15) is 39.3 Å². The van der Waals surface area contributed by atoms with E-state index in [4.69, 9.17) is 23.9 Å². The van der Waals surface area contributed by atoms with Crippen LogP contribution in [-0.4, -0.2) is 165 Å². The van der Waals surface area contributed by atoms with Gasteiger partial charge >= 0.3 is 11.8 Å². The van der Waals surface area contributed by atoms with E-state index >= 15 is 0 Å². The van der Waals surface area contributed by atoms with Crippen LogP contribution in [0.1, 0.15) is 112 Å². The van der Waals surface area contributed by atoms with Crippen LogP contribution in [0.15, 0.2) is 52.5 Å². The van der Waals surface area contributed by atoms with Crippen LogP contribution in [0.4, 0.5) is 0 Å². The summed E-state index contributed by atoms with van der Waals surface area (Å²) in [5, 5.41) is 41.8. The van der Waals surface area contributed by atoms with Gasteiger partial charge < -0.3 is 59.6 Å². The fourth-order valence-corrected chi connectivity index (χ4v) is 11.5. The van der Waals surface area contributed by atoms with Crippen molar-refractivity contribution in [3.8, 4) is 11.5 Å². The molecule has 2 fully saturated rings. The first-order valence-corrected chi connectivity index (χ1v) is 26.4. The minimum atomic E-state index is -2.03. The highest BCUT2D eigenvalue weighted by molar-refractivity contribution is 14.1. The molecule has 6 heterocycles. The summed E-state index contributed by atoms with van der Waals surface area (Å²) >= 11 is 2.40. The lowest BCUT2D eigenvalue weighted by molar-refractivity contribution is -0.165. The van der Waals surface area contributed by atoms with Gasteiger partial charge in [-0.1, -0.05) is 75.4 Å². The van der Waals surface area contributed by atoms with Crippen LogP contribution in [0, 0.1) is 30.6 Å². The lowest BCUT2D eigenvalue weighted by atomic mass is 9.78. The number of benzene rings is 1. The van der Waals surface area contributed by atoms with Crippen LogP contribution in [-0.2, 0) is 28.6 Å². The summed E-state index contributed by atoms with van der Waals surface area (Å²) in [6.07, 6.45) is 5.48. The summed E-state index contributed by atoms with van der Waals surface area (Å²) in [6, 6.07) is 0.332. The van der Waals surface area contributed by atoms with Crippen LogP contribution >= 0.6 is 22.6 Å². The molecule has 19 heteroatoms. The van der Waals surface area contributed by atoms with Gasteiger partial charge in [-0.2, -0.15) is 0 Å². The maximum atomic E-state index is 14.9. The molecule has 5 bridgehead atoms. The van der Waals surface area contributed by atoms with E-state index in [1.165, 1.54) is 33.3 Å². The van der Waals surface area contributed by atoms with Crippen molar-refractivity contribution in [1.82, 2.24) is 25.3 Å². The highest BCUT2D eigenvalue weighted by atomic mass is 127. The lowest BCUT2D eigenvalue weighted by Crippen LogP contribution is -2.51. The number of piperidine rings is 2. The number of carbonyl (C=O) groups is 5. The van der Waals surface area contributed by atoms with Crippen LogP contribution < -0.4 is 15.4 Å². The molecule has 0 aromatic heterocycles. The minimum absolute atomic E-state index is 0.00553. The number of hydrogen-bond donors (Lipinski definition) is 5. The molecule has 1 unspecified atom stereocenters. The van der Waals surface area contributed by atoms with Gasteiger partial charge in [0.15, 0.2) is 0 Å². The molecule has 1 aromatic rings. The Hall–Kier alpha value is -4.67. The Balaban J connectivity index is 1.27. The Morgan fingerprint density at radius 2 is 1.62 bits per heavy atom. The van der Waals surface area contributed by atoms with Crippen molar-refractivity contribution in [2.45, 2.75) is 133 Å². The summed E-state index contributed by atoms with van der Waals surface area (Å²) in [5.41, 5.74) is -0.387. The third-order valence-corrected chi connectivity index (χ3v) is 16.1. The Kier molecular flexibility index (Phi) is 16.9. The van der Waals surface area contributed by atoms with Crippen molar-refractivity contribution < 1.29 is 58.2 Å². The fourth-order valence-electron chi connectivity index (χ4n) is 11.0. The molecule has 10 atom stereocenters. The normalized spacial score (nSPS) is 32.5. The standard InChI is InChI=1S/C53H73IN6O12/c1-27-13-12-14-28(2)51(68)55-43-42-41(56-53(57-42)18-22-59(23-19-53)26-29(3)54)38-39(47(43)66)46(65)33(7)49-40(38)50(67)52(8,72-49)70-24-17-35(69-11)30(4)48(32(6)45(64)31(5)44(27)63)71-37(62)25-36(61)60-20-15-34(16-21-60)58(9)10/h12-14,17,24,27,29-32,34-35,44-45,48,57,63-65H,15-16,18-23,25-26H2,1-11H3,(H,55,68)/b13-12+,24-17+,28-14-/t27-,29?,30+,31+,32+,35-,44-,45+,48+,52-/m0/s1. The number of likely N-dealkylation sites (tertiary alicyclic amines) is 2. The number of methoxy groups -OCH3 is 1. The number of alkyl halides is 1. The van der Waals surface area contributed by atoms with Gasteiger partial charge in [-0.3, -0.25) is 29.0 Å². The van der Waals surface area contributed by atoms with E-state index in [0.29, 0.717) is 49.0 Å². The zero-order chi connectivity index (χ0) is 52.7. The van der Waals surface area contributed by atoms with Crippen molar-refractivity contribution in [2.75, 3.05) is 53.9 Å². The second kappa shape index (κ2) is 22.0. The molecule has 0 saturated carbocycles. The summed E-state index contributed by atoms with van der Waals surface area (Å²) < 4.78 is 25.0. The Labute approximate surface area is 436 Å². The van der Waals surface area contributed by atoms with E-state index in [2.05, 4.69) is 49.9 Å². The molecule has 18 nitrogen and oxygen atoms in total. The number of allylic oxidation sites excluding steroid dienone is 4. The van der Waals surface area contributed by atoms with Crippen molar-refractivity contribution in [3.63, 3.8) is 0 Å². The molecular weight excluding hydrogens is 1040 g/mol. The van der Waals surface area contributed by atoms with Gasteiger partial charge in [0.2, 0.25) is 11.7 Å². The summed E-state index contributed by atoms with van der Waals surface area (Å²) in [5.74, 6) is -8.43. The average molecular weight is 1110 g/mol. The molecule has 2 amide bonds. The first-order chi connectivity index (χ1) is 33.9. The predicted molar refractivity (Wildman–Crippen MR) is 278 cm³/mol. The zero-order valence-electron chi connectivity index (χ0n) is 43.4. The number of Topliss-reactive ketones (excluding diaryl/α,β-unsaturated/α-hetero) is 2. The number of ketones is 2. The number of amides is 2. The SMILES string of the molecule is CO[C@H]1/C=C/O[C@@]2(C)Oc3c(C)c(O)c4c(c3C2=O)C2=NC3(CCN(CC(C)I)CC3)NC2=C(NC(=O)/C(C)=C\C=C\[C@H](C)[C@H](O)[C@@H](C)[C@@H](O)[C@@H](C)[C@H](OC(=O)CC(=O)N2CCC(N(C)C)CC2)[C@@H]1C)C4=O. The number of carbonyl (C=O) groups excluding carboxylic acids is 5. The maximum Gasteiger partial charge on any atom is 0.315 e. The van der Waals surface area contributed by atoms with E-state index < -0.39 is 95.2 Å². The number of phenols is 1. The third kappa shape index (κ3) is 10.9. The second-order valence-corrected chi connectivity index (χ2v) is 23.2. The monoisotopic (exact) mass is 1110 g/mol. The number of phenolic OH excluding ortho intramolecular Hbond substituents is 1. The summed E-state index contributed by atoms with van der Waals surface area (Å²) in [4.78, 5) is 82.4. The largest absolute Gasteiger partial charge is 0.507 e.